The summed E-state index contributed by atoms with van der Waals surface area (Å²) in [5.74, 6) is 4.63. The summed E-state index contributed by atoms with van der Waals surface area (Å²) in [6.45, 7) is 3.70. The van der Waals surface area contributed by atoms with Gasteiger partial charge in [0.15, 0.2) is 0 Å². The van der Waals surface area contributed by atoms with Crippen LogP contribution in [0.2, 0.25) is 0 Å². The molecule has 1 atom stereocenters. The van der Waals surface area contributed by atoms with Crippen LogP contribution in [0.5, 0.6) is 0 Å². The third-order valence-corrected chi connectivity index (χ3v) is 3.18. The zero-order valence-corrected chi connectivity index (χ0v) is 11.6. The lowest BCUT2D eigenvalue weighted by Crippen LogP contribution is -2.44. The fourth-order valence-corrected chi connectivity index (χ4v) is 2.13. The maximum Gasteiger partial charge on any atom is 0.263 e. The first-order valence-electron chi connectivity index (χ1n) is 5.86. The SMILES string of the molecule is CCNC(=O)C(C)NC(=O)c1sccc1C#CCO. The molecule has 1 rings (SSSR count). The van der Waals surface area contributed by atoms with Crippen molar-refractivity contribution < 1.29 is 14.7 Å². The molecule has 0 radical (unpaired) electrons. The Kier molecular flexibility index (Phi) is 6.06. The van der Waals surface area contributed by atoms with E-state index in [1.165, 1.54) is 11.3 Å². The largest absolute Gasteiger partial charge is 0.384 e. The van der Waals surface area contributed by atoms with E-state index in [1.807, 2.05) is 6.92 Å². The van der Waals surface area contributed by atoms with Crippen LogP contribution in [0.3, 0.4) is 0 Å². The summed E-state index contributed by atoms with van der Waals surface area (Å²) in [6.07, 6.45) is 0. The molecular formula is C13H16N2O3S. The summed E-state index contributed by atoms with van der Waals surface area (Å²) in [4.78, 5) is 24.0. The lowest BCUT2D eigenvalue weighted by molar-refractivity contribution is -0.122. The van der Waals surface area contributed by atoms with Crippen molar-refractivity contribution >= 4 is 23.2 Å². The maximum atomic E-state index is 12.0. The number of amides is 2. The van der Waals surface area contributed by atoms with E-state index in [0.29, 0.717) is 17.0 Å². The number of thiophene rings is 1. The number of hydrogen-bond acceptors (Lipinski definition) is 4. The molecule has 0 aliphatic carbocycles. The second-order valence-corrected chi connectivity index (χ2v) is 4.63. The Morgan fingerprint density at radius 1 is 1.53 bits per heavy atom. The van der Waals surface area contributed by atoms with Gasteiger partial charge >= 0.3 is 0 Å². The monoisotopic (exact) mass is 280 g/mol. The van der Waals surface area contributed by atoms with Crippen LogP contribution in [0.25, 0.3) is 0 Å². The standard InChI is InChI=1S/C13H16N2O3S/c1-3-14-12(17)9(2)15-13(18)11-10(5-4-7-16)6-8-19-11/h6,8-9,16H,3,7H2,1-2H3,(H,14,17)(H,15,18). The molecule has 19 heavy (non-hydrogen) atoms. The van der Waals surface area contributed by atoms with Gasteiger partial charge < -0.3 is 15.7 Å². The lowest BCUT2D eigenvalue weighted by atomic mass is 10.2. The van der Waals surface area contributed by atoms with Crippen molar-refractivity contribution in [2.24, 2.45) is 0 Å². The molecule has 0 aromatic carbocycles. The number of aliphatic hydroxyl groups is 1. The molecule has 2 amide bonds. The molecule has 0 aliphatic rings. The van der Waals surface area contributed by atoms with Crippen LogP contribution in [0.4, 0.5) is 0 Å². The quantitative estimate of drug-likeness (QED) is 0.696. The smallest absolute Gasteiger partial charge is 0.263 e. The number of hydrogen-bond donors (Lipinski definition) is 3. The minimum Gasteiger partial charge on any atom is -0.384 e. The Balaban J connectivity index is 2.73. The van der Waals surface area contributed by atoms with E-state index in [4.69, 9.17) is 5.11 Å². The molecule has 0 aliphatic heterocycles. The van der Waals surface area contributed by atoms with Gasteiger partial charge in [0, 0.05) is 12.1 Å². The van der Waals surface area contributed by atoms with Crippen LogP contribution in [0.1, 0.15) is 29.1 Å². The van der Waals surface area contributed by atoms with Crippen LogP contribution < -0.4 is 10.6 Å². The summed E-state index contributed by atoms with van der Waals surface area (Å²) in [5.41, 5.74) is 0.555. The van der Waals surface area contributed by atoms with E-state index in [2.05, 4.69) is 22.5 Å². The second-order valence-electron chi connectivity index (χ2n) is 3.71. The highest BCUT2D eigenvalue weighted by Gasteiger charge is 2.18. The van der Waals surface area contributed by atoms with E-state index >= 15 is 0 Å². The number of carbonyl (C=O) groups excluding carboxylic acids is 2. The van der Waals surface area contributed by atoms with E-state index in [1.54, 1.807) is 18.4 Å². The Hall–Kier alpha value is -1.84. The molecule has 6 heteroatoms. The predicted molar refractivity (Wildman–Crippen MR) is 73.9 cm³/mol. The molecule has 102 valence electrons. The van der Waals surface area contributed by atoms with Gasteiger partial charge in [-0.15, -0.1) is 11.3 Å². The van der Waals surface area contributed by atoms with Crippen molar-refractivity contribution in [3.8, 4) is 11.8 Å². The molecule has 5 nitrogen and oxygen atoms in total. The highest BCUT2D eigenvalue weighted by Crippen LogP contribution is 2.15. The van der Waals surface area contributed by atoms with Crippen molar-refractivity contribution in [3.05, 3.63) is 21.9 Å². The van der Waals surface area contributed by atoms with Gasteiger partial charge in [0.05, 0.1) is 0 Å². The van der Waals surface area contributed by atoms with Crippen LogP contribution in [0.15, 0.2) is 11.4 Å². The average molecular weight is 280 g/mol. The van der Waals surface area contributed by atoms with Gasteiger partial charge in [0.1, 0.15) is 17.5 Å². The minimum atomic E-state index is -0.604. The Labute approximate surface area is 116 Å². The summed E-state index contributed by atoms with van der Waals surface area (Å²) in [7, 11) is 0. The Bertz CT molecular complexity index is 513. The molecule has 0 fully saturated rings. The molecule has 0 spiro atoms. The fraction of sp³-hybridized carbons (Fsp3) is 0.385. The van der Waals surface area contributed by atoms with Crippen molar-refractivity contribution in [3.63, 3.8) is 0 Å². The predicted octanol–water partition coefficient (Wildman–Crippen LogP) is 0.346. The molecular weight excluding hydrogens is 264 g/mol. The van der Waals surface area contributed by atoms with Gasteiger partial charge in [-0.3, -0.25) is 9.59 Å². The maximum absolute atomic E-state index is 12.0. The first-order chi connectivity index (χ1) is 9.10. The van der Waals surface area contributed by atoms with Crippen LogP contribution in [-0.2, 0) is 4.79 Å². The first-order valence-corrected chi connectivity index (χ1v) is 6.73. The zero-order chi connectivity index (χ0) is 14.3. The highest BCUT2D eigenvalue weighted by atomic mass is 32.1. The molecule has 1 aromatic rings. The Morgan fingerprint density at radius 3 is 2.89 bits per heavy atom. The van der Waals surface area contributed by atoms with Crippen LogP contribution >= 0.6 is 11.3 Å². The first kappa shape index (κ1) is 15.2. The third kappa shape index (κ3) is 4.39. The fourth-order valence-electron chi connectivity index (χ4n) is 1.37. The topological polar surface area (TPSA) is 78.4 Å². The molecule has 1 heterocycles. The van der Waals surface area contributed by atoms with Crippen LogP contribution in [0, 0.1) is 11.8 Å². The van der Waals surface area contributed by atoms with E-state index in [9.17, 15) is 9.59 Å². The molecule has 1 aromatic heterocycles. The second kappa shape index (κ2) is 7.56. The van der Waals surface area contributed by atoms with Crippen LogP contribution in [-0.4, -0.2) is 36.1 Å². The molecule has 0 saturated carbocycles. The van der Waals surface area contributed by atoms with Gasteiger partial charge in [-0.05, 0) is 25.3 Å². The van der Waals surface area contributed by atoms with Crippen molar-refractivity contribution in [2.45, 2.75) is 19.9 Å². The highest BCUT2D eigenvalue weighted by molar-refractivity contribution is 7.12. The van der Waals surface area contributed by atoms with Gasteiger partial charge in [-0.1, -0.05) is 11.8 Å². The van der Waals surface area contributed by atoms with E-state index in [-0.39, 0.29) is 18.4 Å². The van der Waals surface area contributed by atoms with Gasteiger partial charge in [0.25, 0.3) is 5.91 Å². The summed E-state index contributed by atoms with van der Waals surface area (Å²) >= 11 is 1.25. The van der Waals surface area contributed by atoms with Crippen molar-refractivity contribution in [1.82, 2.24) is 10.6 Å². The van der Waals surface area contributed by atoms with E-state index in [0.717, 1.165) is 0 Å². The average Bonchev–Trinajstić information content (AvgIpc) is 2.84. The summed E-state index contributed by atoms with van der Waals surface area (Å²) < 4.78 is 0. The molecule has 1 unspecified atom stereocenters. The van der Waals surface area contributed by atoms with Gasteiger partial charge in [-0.2, -0.15) is 0 Å². The molecule has 0 saturated heterocycles. The number of rotatable bonds is 4. The lowest BCUT2D eigenvalue weighted by Gasteiger charge is -2.12. The summed E-state index contributed by atoms with van der Waals surface area (Å²) in [5, 5.41) is 15.6. The number of likely N-dealkylation sites (N-methyl/N-ethyl adjacent to an activating group) is 1. The number of aliphatic hydroxyl groups excluding tert-OH is 1. The zero-order valence-electron chi connectivity index (χ0n) is 10.8. The Morgan fingerprint density at radius 2 is 2.26 bits per heavy atom. The molecule has 0 bridgehead atoms. The number of carbonyl (C=O) groups is 2. The summed E-state index contributed by atoms with van der Waals surface area (Å²) in [6, 6.07) is 1.10. The van der Waals surface area contributed by atoms with Gasteiger partial charge in [0.2, 0.25) is 5.91 Å². The minimum absolute atomic E-state index is 0.226. The normalized spacial score (nSPS) is 11.1. The van der Waals surface area contributed by atoms with E-state index < -0.39 is 6.04 Å². The van der Waals surface area contributed by atoms with Gasteiger partial charge in [-0.25, -0.2) is 0 Å². The number of nitrogens with one attached hydrogen (secondary N) is 2. The van der Waals surface area contributed by atoms with Crippen molar-refractivity contribution in [2.75, 3.05) is 13.2 Å². The van der Waals surface area contributed by atoms with Crippen molar-refractivity contribution in [1.29, 1.82) is 0 Å². The molecule has 3 N–H and O–H groups in total. The third-order valence-electron chi connectivity index (χ3n) is 2.27.